The van der Waals surface area contributed by atoms with Gasteiger partial charge in [0.2, 0.25) is 0 Å². The lowest BCUT2D eigenvalue weighted by Gasteiger charge is -1.79. The molecule has 0 bridgehead atoms. The van der Waals surface area contributed by atoms with Crippen LogP contribution in [0.25, 0.3) is 0 Å². The van der Waals surface area contributed by atoms with Crippen molar-refractivity contribution in [3.63, 3.8) is 0 Å². The minimum Gasteiger partial charge on any atom is -0.478 e. The molecule has 0 unspecified atom stereocenters. The van der Waals surface area contributed by atoms with E-state index in [9.17, 15) is 4.79 Å². The molecule has 0 atom stereocenters. The summed E-state index contributed by atoms with van der Waals surface area (Å²) in [6.07, 6.45) is 1.17. The van der Waals surface area contributed by atoms with Crippen LogP contribution in [0.2, 0.25) is 0 Å². The Bertz CT molecular complexity index is 128. The summed E-state index contributed by atoms with van der Waals surface area (Å²) >= 11 is 0. The first-order valence-electron chi connectivity index (χ1n) is 3.51. The molecule has 0 heterocycles. The summed E-state index contributed by atoms with van der Waals surface area (Å²) in [7, 11) is 0. The Morgan fingerprint density at radius 2 is 1.23 bits per heavy atom. The van der Waals surface area contributed by atoms with Gasteiger partial charge in [0, 0.05) is 6.08 Å². The van der Waals surface area contributed by atoms with Crippen LogP contribution in [0.15, 0.2) is 51.1 Å². The van der Waals surface area contributed by atoms with E-state index in [-0.39, 0.29) is 0 Å². The molecule has 2 nitrogen and oxygen atoms in total. The van der Waals surface area contributed by atoms with E-state index < -0.39 is 5.97 Å². The van der Waals surface area contributed by atoms with Gasteiger partial charge in [-0.2, -0.15) is 0 Å². The lowest BCUT2D eigenvalue weighted by molar-refractivity contribution is -0.131. The summed E-state index contributed by atoms with van der Waals surface area (Å²) < 4.78 is 0. The van der Waals surface area contributed by atoms with Gasteiger partial charge in [-0.15, -0.1) is 39.5 Å². The standard InChI is InChI=1S/C5H8O2.3C2H4/c1-4(2)3-5(6)7;3*1-2/h3H,1-2H3,(H,6,7);3*1-2H2. The van der Waals surface area contributed by atoms with Crippen molar-refractivity contribution in [3.05, 3.63) is 51.1 Å². The maximum atomic E-state index is 9.73. The number of hydrogen-bond acceptors (Lipinski definition) is 1. The number of carboxylic acid groups (broad SMARTS) is 1. The van der Waals surface area contributed by atoms with Crippen LogP contribution in [0.4, 0.5) is 0 Å². The summed E-state index contributed by atoms with van der Waals surface area (Å²) in [5.74, 6) is -0.875. The van der Waals surface area contributed by atoms with Crippen LogP contribution in [-0.4, -0.2) is 11.1 Å². The molecule has 0 spiro atoms. The Morgan fingerprint density at radius 3 is 1.23 bits per heavy atom. The van der Waals surface area contributed by atoms with Crippen LogP contribution < -0.4 is 0 Å². The minimum absolute atomic E-state index is 0.813. The molecule has 0 amide bonds. The van der Waals surface area contributed by atoms with E-state index in [1.165, 1.54) is 6.08 Å². The SMILES string of the molecule is C=C.C=C.C=C.CC(C)=CC(=O)O. The third-order valence-corrected chi connectivity index (χ3v) is 0.412. The van der Waals surface area contributed by atoms with E-state index in [0.29, 0.717) is 0 Å². The normalized spacial score (nSPS) is 5.08. The van der Waals surface area contributed by atoms with Gasteiger partial charge in [0.15, 0.2) is 0 Å². The van der Waals surface area contributed by atoms with Crippen LogP contribution in [0.3, 0.4) is 0 Å². The van der Waals surface area contributed by atoms with E-state index in [2.05, 4.69) is 39.5 Å². The van der Waals surface area contributed by atoms with Gasteiger partial charge in [0.1, 0.15) is 0 Å². The summed E-state index contributed by atoms with van der Waals surface area (Å²) in [5, 5.41) is 8.01. The molecule has 0 aromatic heterocycles. The Kier molecular flexibility index (Phi) is 54.5. The summed E-state index contributed by atoms with van der Waals surface area (Å²) in [4.78, 5) is 9.73. The lowest BCUT2D eigenvalue weighted by Crippen LogP contribution is -1.86. The molecule has 13 heavy (non-hydrogen) atoms. The average Bonchev–Trinajstić information content (AvgIpc) is 2.12. The fourth-order valence-corrected chi connectivity index (χ4v) is 0.247. The monoisotopic (exact) mass is 184 g/mol. The fourth-order valence-electron chi connectivity index (χ4n) is 0.247. The number of carboxylic acids is 1. The molecule has 0 rings (SSSR count). The first kappa shape index (κ1) is 22.5. The summed E-state index contributed by atoms with van der Waals surface area (Å²) in [6, 6.07) is 0. The van der Waals surface area contributed by atoms with Crippen molar-refractivity contribution in [2.75, 3.05) is 0 Å². The van der Waals surface area contributed by atoms with E-state index >= 15 is 0 Å². The maximum absolute atomic E-state index is 9.73. The van der Waals surface area contributed by atoms with E-state index in [1.807, 2.05) is 0 Å². The smallest absolute Gasteiger partial charge is 0.328 e. The highest BCUT2D eigenvalue weighted by Crippen LogP contribution is 1.85. The average molecular weight is 184 g/mol. The molecule has 0 aliphatic carbocycles. The van der Waals surface area contributed by atoms with Crippen molar-refractivity contribution in [1.82, 2.24) is 0 Å². The number of aliphatic carboxylic acids is 1. The molecule has 0 radical (unpaired) electrons. The number of allylic oxidation sites excluding steroid dienone is 1. The molecule has 0 aromatic carbocycles. The van der Waals surface area contributed by atoms with Gasteiger partial charge in [-0.3, -0.25) is 0 Å². The molecule has 0 fully saturated rings. The number of hydrogen-bond donors (Lipinski definition) is 1. The van der Waals surface area contributed by atoms with E-state index in [4.69, 9.17) is 5.11 Å². The minimum atomic E-state index is -0.875. The van der Waals surface area contributed by atoms with Gasteiger partial charge in [-0.25, -0.2) is 4.79 Å². The predicted octanol–water partition coefficient (Wildman–Crippen LogP) is 3.44. The second-order valence-corrected chi connectivity index (χ2v) is 1.56. The van der Waals surface area contributed by atoms with Crippen LogP contribution in [0.1, 0.15) is 13.8 Å². The van der Waals surface area contributed by atoms with Crippen LogP contribution in [0, 0.1) is 0 Å². The fraction of sp³-hybridized carbons (Fsp3) is 0.182. The topological polar surface area (TPSA) is 37.3 Å². The van der Waals surface area contributed by atoms with Gasteiger partial charge in [0.25, 0.3) is 0 Å². The van der Waals surface area contributed by atoms with Gasteiger partial charge in [-0.05, 0) is 13.8 Å². The highest BCUT2D eigenvalue weighted by molar-refractivity contribution is 5.80. The Morgan fingerprint density at radius 1 is 1.00 bits per heavy atom. The molecule has 0 aliphatic heterocycles. The molecular formula is C11H20O2. The number of carbonyl (C=O) groups is 1. The van der Waals surface area contributed by atoms with E-state index in [1.54, 1.807) is 13.8 Å². The van der Waals surface area contributed by atoms with Gasteiger partial charge >= 0.3 is 5.97 Å². The lowest BCUT2D eigenvalue weighted by atomic mass is 10.3. The maximum Gasteiger partial charge on any atom is 0.328 e. The molecule has 1 N–H and O–H groups in total. The quantitative estimate of drug-likeness (QED) is 0.500. The van der Waals surface area contributed by atoms with Crippen molar-refractivity contribution < 1.29 is 9.90 Å². The Balaban J connectivity index is -0.0000000573. The summed E-state index contributed by atoms with van der Waals surface area (Å²) in [5.41, 5.74) is 0.813. The summed E-state index contributed by atoms with van der Waals surface area (Å²) in [6.45, 7) is 21.5. The van der Waals surface area contributed by atoms with Gasteiger partial charge < -0.3 is 5.11 Å². The predicted molar refractivity (Wildman–Crippen MR) is 60.8 cm³/mol. The third kappa shape index (κ3) is 126. The van der Waals surface area contributed by atoms with Crippen LogP contribution in [-0.2, 0) is 4.79 Å². The van der Waals surface area contributed by atoms with Crippen molar-refractivity contribution in [2.45, 2.75) is 13.8 Å². The highest BCUT2D eigenvalue weighted by Gasteiger charge is 1.83. The molecule has 76 valence electrons. The molecule has 0 aromatic rings. The first-order valence-corrected chi connectivity index (χ1v) is 3.51. The van der Waals surface area contributed by atoms with Crippen molar-refractivity contribution >= 4 is 5.97 Å². The molecule has 0 saturated carbocycles. The second-order valence-electron chi connectivity index (χ2n) is 1.56. The second kappa shape index (κ2) is 31.5. The largest absolute Gasteiger partial charge is 0.478 e. The first-order chi connectivity index (χ1) is 6.13. The zero-order chi connectivity index (χ0) is 11.9. The molecule has 2 heteroatoms. The third-order valence-electron chi connectivity index (χ3n) is 0.412. The molecular weight excluding hydrogens is 164 g/mol. The van der Waals surface area contributed by atoms with Crippen molar-refractivity contribution in [2.24, 2.45) is 0 Å². The molecule has 0 saturated heterocycles. The van der Waals surface area contributed by atoms with Crippen LogP contribution >= 0.6 is 0 Å². The zero-order valence-electron chi connectivity index (χ0n) is 8.68. The van der Waals surface area contributed by atoms with Gasteiger partial charge in [-0.1, -0.05) is 5.57 Å². The Hall–Kier alpha value is -1.57. The zero-order valence-corrected chi connectivity index (χ0v) is 8.68. The van der Waals surface area contributed by atoms with Crippen LogP contribution in [0.5, 0.6) is 0 Å². The van der Waals surface area contributed by atoms with E-state index in [0.717, 1.165) is 5.57 Å². The van der Waals surface area contributed by atoms with Crippen molar-refractivity contribution in [3.8, 4) is 0 Å². The highest BCUT2D eigenvalue weighted by atomic mass is 16.4. The number of rotatable bonds is 1. The van der Waals surface area contributed by atoms with Gasteiger partial charge in [0.05, 0.1) is 0 Å². The van der Waals surface area contributed by atoms with Crippen molar-refractivity contribution in [1.29, 1.82) is 0 Å². The molecule has 0 aliphatic rings. The Labute approximate surface area is 81.6 Å².